The molecule has 0 aliphatic rings. The van der Waals surface area contributed by atoms with Gasteiger partial charge in [0.1, 0.15) is 11.5 Å². The number of rotatable bonds is 7. The molecule has 1 N–H and O–H groups in total. The Morgan fingerprint density at radius 2 is 1.86 bits per heavy atom. The molecule has 4 nitrogen and oxygen atoms in total. The van der Waals surface area contributed by atoms with E-state index in [0.717, 1.165) is 48.6 Å². The van der Waals surface area contributed by atoms with Gasteiger partial charge in [-0.15, -0.1) is 0 Å². The summed E-state index contributed by atoms with van der Waals surface area (Å²) >= 11 is 0. The minimum atomic E-state index is -0.319. The van der Waals surface area contributed by atoms with E-state index in [9.17, 15) is 4.79 Å². The van der Waals surface area contributed by atoms with Gasteiger partial charge in [-0.05, 0) is 30.7 Å². The second-order valence-corrected chi connectivity index (χ2v) is 4.94. The molecule has 1 heterocycles. The minimum Gasteiger partial charge on any atom is -0.497 e. The Morgan fingerprint density at radius 3 is 2.52 bits per heavy atom. The summed E-state index contributed by atoms with van der Waals surface area (Å²) in [6.45, 7) is 2.15. The first-order valence-corrected chi connectivity index (χ1v) is 7.26. The Balaban J connectivity index is 2.09. The van der Waals surface area contributed by atoms with Gasteiger partial charge in [0, 0.05) is 29.9 Å². The zero-order valence-corrected chi connectivity index (χ0v) is 12.5. The minimum absolute atomic E-state index is 0.319. The SMILES string of the molecule is CCCCCc1cc(Nc2ccc(OC)cc2)cc(=O)o1. The molecule has 0 bridgehead atoms. The average Bonchev–Trinajstić information content (AvgIpc) is 2.48. The zero-order valence-electron chi connectivity index (χ0n) is 12.5. The largest absolute Gasteiger partial charge is 0.497 e. The Labute approximate surface area is 124 Å². The molecule has 0 saturated carbocycles. The van der Waals surface area contributed by atoms with Crippen LogP contribution in [0.4, 0.5) is 11.4 Å². The number of unbranched alkanes of at least 4 members (excludes halogenated alkanes) is 2. The van der Waals surface area contributed by atoms with Crippen LogP contribution < -0.4 is 15.7 Å². The number of methoxy groups -OCH3 is 1. The molecule has 2 rings (SSSR count). The Morgan fingerprint density at radius 1 is 1.10 bits per heavy atom. The number of anilines is 2. The number of hydrogen-bond donors (Lipinski definition) is 1. The van der Waals surface area contributed by atoms with E-state index in [-0.39, 0.29) is 5.63 Å². The van der Waals surface area contributed by atoms with E-state index in [4.69, 9.17) is 9.15 Å². The molecule has 0 atom stereocenters. The van der Waals surface area contributed by atoms with Crippen LogP contribution in [0.3, 0.4) is 0 Å². The van der Waals surface area contributed by atoms with Gasteiger partial charge >= 0.3 is 5.63 Å². The first kappa shape index (κ1) is 15.2. The van der Waals surface area contributed by atoms with E-state index in [2.05, 4.69) is 12.2 Å². The predicted molar refractivity (Wildman–Crippen MR) is 84.5 cm³/mol. The van der Waals surface area contributed by atoms with Crippen molar-refractivity contribution in [3.05, 3.63) is 52.6 Å². The molecule has 0 spiro atoms. The zero-order chi connectivity index (χ0) is 15.1. The van der Waals surface area contributed by atoms with Crippen LogP contribution in [0.15, 0.2) is 45.6 Å². The third-order valence-corrected chi connectivity index (χ3v) is 3.23. The lowest BCUT2D eigenvalue weighted by molar-refractivity contribution is 0.415. The van der Waals surface area contributed by atoms with Crippen molar-refractivity contribution in [3.63, 3.8) is 0 Å². The number of nitrogens with one attached hydrogen (secondary N) is 1. The molecule has 0 saturated heterocycles. The monoisotopic (exact) mass is 287 g/mol. The molecule has 0 unspecified atom stereocenters. The van der Waals surface area contributed by atoms with Crippen molar-refractivity contribution in [1.29, 1.82) is 0 Å². The molecule has 1 aromatic heterocycles. The van der Waals surface area contributed by atoms with E-state index >= 15 is 0 Å². The van der Waals surface area contributed by atoms with Crippen molar-refractivity contribution < 1.29 is 9.15 Å². The summed E-state index contributed by atoms with van der Waals surface area (Å²) in [6.07, 6.45) is 4.11. The quantitative estimate of drug-likeness (QED) is 0.778. The van der Waals surface area contributed by atoms with Crippen LogP contribution in [0, 0.1) is 0 Å². The van der Waals surface area contributed by atoms with Crippen molar-refractivity contribution in [2.75, 3.05) is 12.4 Å². The van der Waals surface area contributed by atoms with Gasteiger partial charge in [0.25, 0.3) is 0 Å². The molecule has 0 amide bonds. The Hall–Kier alpha value is -2.23. The second kappa shape index (κ2) is 7.53. The highest BCUT2D eigenvalue weighted by atomic mass is 16.5. The van der Waals surface area contributed by atoms with Crippen LogP contribution in [-0.4, -0.2) is 7.11 Å². The molecule has 0 radical (unpaired) electrons. The van der Waals surface area contributed by atoms with Crippen LogP contribution in [0.5, 0.6) is 5.75 Å². The number of ether oxygens (including phenoxy) is 1. The standard InChI is InChI=1S/C17H21NO3/c1-3-4-5-6-16-11-14(12-17(19)21-16)18-13-7-9-15(20-2)10-8-13/h7-12,18H,3-6H2,1-2H3. The highest BCUT2D eigenvalue weighted by Gasteiger charge is 2.03. The van der Waals surface area contributed by atoms with E-state index in [1.807, 2.05) is 30.3 Å². The number of benzene rings is 1. The van der Waals surface area contributed by atoms with Crippen molar-refractivity contribution in [1.82, 2.24) is 0 Å². The van der Waals surface area contributed by atoms with Crippen LogP contribution in [0.1, 0.15) is 31.9 Å². The molecule has 4 heteroatoms. The van der Waals surface area contributed by atoms with Gasteiger partial charge in [-0.1, -0.05) is 19.8 Å². The summed E-state index contributed by atoms with van der Waals surface area (Å²) < 4.78 is 10.3. The first-order valence-electron chi connectivity index (χ1n) is 7.26. The maximum atomic E-state index is 11.6. The summed E-state index contributed by atoms with van der Waals surface area (Å²) in [5.41, 5.74) is 1.34. The fourth-order valence-corrected chi connectivity index (χ4v) is 2.12. The average molecular weight is 287 g/mol. The summed E-state index contributed by atoms with van der Waals surface area (Å²) in [7, 11) is 1.63. The van der Waals surface area contributed by atoms with Gasteiger partial charge in [0.05, 0.1) is 7.11 Å². The molecular weight excluding hydrogens is 266 g/mol. The highest BCUT2D eigenvalue weighted by molar-refractivity contribution is 5.59. The van der Waals surface area contributed by atoms with Crippen molar-refractivity contribution in [2.45, 2.75) is 32.6 Å². The van der Waals surface area contributed by atoms with Gasteiger partial charge < -0.3 is 14.5 Å². The highest BCUT2D eigenvalue weighted by Crippen LogP contribution is 2.20. The Bertz CT molecular complexity index is 617. The maximum Gasteiger partial charge on any atom is 0.337 e. The van der Waals surface area contributed by atoms with E-state index < -0.39 is 0 Å². The van der Waals surface area contributed by atoms with E-state index in [1.165, 1.54) is 6.07 Å². The maximum absolute atomic E-state index is 11.6. The fraction of sp³-hybridized carbons (Fsp3) is 0.353. The molecule has 0 aliphatic heterocycles. The van der Waals surface area contributed by atoms with Crippen LogP contribution in [0.25, 0.3) is 0 Å². The molecular formula is C17H21NO3. The topological polar surface area (TPSA) is 51.5 Å². The molecule has 21 heavy (non-hydrogen) atoms. The summed E-state index contributed by atoms with van der Waals surface area (Å²) in [5, 5.41) is 3.21. The molecule has 0 fully saturated rings. The van der Waals surface area contributed by atoms with Gasteiger partial charge in [-0.3, -0.25) is 0 Å². The second-order valence-electron chi connectivity index (χ2n) is 4.94. The lowest BCUT2D eigenvalue weighted by atomic mass is 10.1. The van der Waals surface area contributed by atoms with E-state index in [1.54, 1.807) is 7.11 Å². The van der Waals surface area contributed by atoms with Crippen LogP contribution >= 0.6 is 0 Å². The van der Waals surface area contributed by atoms with Crippen LogP contribution in [-0.2, 0) is 6.42 Å². The number of aryl methyl sites for hydroxylation is 1. The van der Waals surface area contributed by atoms with Gasteiger partial charge in [0.15, 0.2) is 0 Å². The van der Waals surface area contributed by atoms with Crippen molar-refractivity contribution in [3.8, 4) is 5.75 Å². The van der Waals surface area contributed by atoms with Gasteiger partial charge in [-0.2, -0.15) is 0 Å². The summed E-state index contributed by atoms with van der Waals surface area (Å²) in [6, 6.07) is 10.9. The number of hydrogen-bond acceptors (Lipinski definition) is 4. The smallest absolute Gasteiger partial charge is 0.337 e. The Kier molecular flexibility index (Phi) is 5.43. The van der Waals surface area contributed by atoms with Crippen molar-refractivity contribution in [2.24, 2.45) is 0 Å². The summed E-state index contributed by atoms with van der Waals surface area (Å²) in [5.74, 6) is 1.53. The third kappa shape index (κ3) is 4.67. The lowest BCUT2D eigenvalue weighted by Gasteiger charge is -2.08. The summed E-state index contributed by atoms with van der Waals surface area (Å²) in [4.78, 5) is 11.6. The first-order chi connectivity index (χ1) is 10.2. The normalized spacial score (nSPS) is 10.4. The molecule has 0 aliphatic carbocycles. The lowest BCUT2D eigenvalue weighted by Crippen LogP contribution is -2.03. The van der Waals surface area contributed by atoms with Crippen LogP contribution in [0.2, 0.25) is 0 Å². The predicted octanol–water partition coefficient (Wildman–Crippen LogP) is 4.12. The van der Waals surface area contributed by atoms with Gasteiger partial charge in [-0.25, -0.2) is 4.79 Å². The van der Waals surface area contributed by atoms with Crippen molar-refractivity contribution >= 4 is 11.4 Å². The molecule has 112 valence electrons. The third-order valence-electron chi connectivity index (χ3n) is 3.23. The van der Waals surface area contributed by atoms with Gasteiger partial charge in [0.2, 0.25) is 0 Å². The fourth-order valence-electron chi connectivity index (χ4n) is 2.12. The van der Waals surface area contributed by atoms with E-state index in [0.29, 0.717) is 0 Å². The molecule has 1 aromatic carbocycles. The molecule has 2 aromatic rings.